The smallest absolute Gasteiger partial charge is 0.321 e. The molecule has 7 nitrogen and oxygen atoms in total. The highest BCUT2D eigenvalue weighted by Crippen LogP contribution is 2.18. The number of nitrogens with one attached hydrogen (secondary N) is 1. The quantitative estimate of drug-likeness (QED) is 0.846. The Bertz CT molecular complexity index is 544. The van der Waals surface area contributed by atoms with E-state index in [-0.39, 0.29) is 12.6 Å². The summed E-state index contributed by atoms with van der Waals surface area (Å²) in [5.41, 5.74) is 0.505. The van der Waals surface area contributed by atoms with Crippen molar-refractivity contribution in [3.05, 3.63) is 30.3 Å². The Kier molecular flexibility index (Phi) is 6.10. The van der Waals surface area contributed by atoms with Gasteiger partial charge in [0.05, 0.1) is 12.2 Å². The number of para-hydroxylation sites is 1. The number of piperazine rings is 1. The molecule has 1 aliphatic rings. The lowest BCUT2D eigenvalue weighted by atomic mass is 10.3. The number of hydrogen-bond donors (Lipinski definition) is 1. The van der Waals surface area contributed by atoms with Crippen LogP contribution in [0.15, 0.2) is 30.3 Å². The Morgan fingerprint density at radius 3 is 2.43 bits per heavy atom. The van der Waals surface area contributed by atoms with Crippen LogP contribution >= 0.6 is 0 Å². The first-order valence-corrected chi connectivity index (χ1v) is 7.76. The van der Waals surface area contributed by atoms with Crippen molar-refractivity contribution in [3.8, 4) is 0 Å². The maximum Gasteiger partial charge on any atom is 0.333 e. The third-order valence-corrected chi connectivity index (χ3v) is 3.73. The van der Waals surface area contributed by atoms with Crippen molar-refractivity contribution in [3.63, 3.8) is 0 Å². The van der Waals surface area contributed by atoms with Crippen molar-refractivity contribution in [2.24, 2.45) is 0 Å². The molecule has 2 rings (SSSR count). The summed E-state index contributed by atoms with van der Waals surface area (Å²) in [6, 6.07) is 7.97. The summed E-state index contributed by atoms with van der Waals surface area (Å²) in [5, 5.41) is 3.18. The topological polar surface area (TPSA) is 73.0 Å². The second-order valence-corrected chi connectivity index (χ2v) is 5.18. The molecule has 0 aliphatic carbocycles. The summed E-state index contributed by atoms with van der Waals surface area (Å²) in [5.74, 6) is 0. The van der Waals surface area contributed by atoms with Gasteiger partial charge in [0.2, 0.25) is 0 Å². The predicted molar refractivity (Wildman–Crippen MR) is 87.5 cm³/mol. The second kappa shape index (κ2) is 8.28. The van der Waals surface area contributed by atoms with Gasteiger partial charge in [-0.2, -0.15) is 0 Å². The summed E-state index contributed by atoms with van der Waals surface area (Å²) in [4.78, 5) is 40.6. The third-order valence-electron chi connectivity index (χ3n) is 3.73. The van der Waals surface area contributed by atoms with Gasteiger partial charge in [-0.1, -0.05) is 18.2 Å². The third kappa shape index (κ3) is 4.07. The molecule has 0 unspecified atom stereocenters. The fourth-order valence-electron chi connectivity index (χ4n) is 2.45. The van der Waals surface area contributed by atoms with E-state index in [1.54, 1.807) is 36.1 Å². The van der Waals surface area contributed by atoms with Crippen molar-refractivity contribution < 1.29 is 14.4 Å². The van der Waals surface area contributed by atoms with E-state index >= 15 is 0 Å². The van der Waals surface area contributed by atoms with Gasteiger partial charge >= 0.3 is 12.1 Å². The van der Waals surface area contributed by atoms with Crippen LogP contribution in [-0.2, 0) is 4.79 Å². The number of urea groups is 2. The summed E-state index contributed by atoms with van der Waals surface area (Å²) < 4.78 is 0. The minimum atomic E-state index is -0.477. The zero-order valence-electron chi connectivity index (χ0n) is 13.3. The number of likely N-dealkylation sites (N-methyl/N-ethyl adjacent to an activating group) is 1. The lowest BCUT2D eigenvalue weighted by molar-refractivity contribution is -0.108. The fourth-order valence-corrected chi connectivity index (χ4v) is 2.45. The Balaban J connectivity index is 2.29. The molecule has 1 heterocycles. The number of aldehydes is 1. The molecule has 1 saturated heterocycles. The maximum atomic E-state index is 12.9. The first-order valence-electron chi connectivity index (χ1n) is 7.76. The number of imide groups is 1. The molecule has 1 aliphatic heterocycles. The molecule has 0 saturated carbocycles. The highest BCUT2D eigenvalue weighted by molar-refractivity contribution is 6.13. The van der Waals surface area contributed by atoms with Crippen LogP contribution in [0.4, 0.5) is 15.3 Å². The molecule has 0 bridgehead atoms. The van der Waals surface area contributed by atoms with E-state index in [0.29, 0.717) is 44.7 Å². The number of rotatable bonds is 4. The standard InChI is InChI=1S/C16H22N4O3/c1-2-18(12-13-21)15(22)20(14-6-4-3-5-7-14)16(23)19-10-8-17-9-11-19/h3-7,13,17H,2,8-12H2,1H3. The Hall–Kier alpha value is -2.41. The van der Waals surface area contributed by atoms with E-state index in [1.807, 2.05) is 6.07 Å². The number of carbonyl (C=O) groups is 3. The predicted octanol–water partition coefficient (Wildman–Crippen LogP) is 1.16. The highest BCUT2D eigenvalue weighted by Gasteiger charge is 2.31. The molecule has 1 aromatic rings. The Morgan fingerprint density at radius 2 is 1.87 bits per heavy atom. The molecule has 0 radical (unpaired) electrons. The molecule has 1 aromatic carbocycles. The van der Waals surface area contributed by atoms with Crippen molar-refractivity contribution in [2.45, 2.75) is 6.92 Å². The molecule has 0 atom stereocenters. The number of nitrogens with zero attached hydrogens (tertiary/aromatic N) is 3. The van der Waals surface area contributed by atoms with Crippen molar-refractivity contribution >= 4 is 24.0 Å². The lowest BCUT2D eigenvalue weighted by Crippen LogP contribution is -2.56. The van der Waals surface area contributed by atoms with Crippen LogP contribution in [0, 0.1) is 0 Å². The first-order chi connectivity index (χ1) is 11.2. The van der Waals surface area contributed by atoms with Crippen molar-refractivity contribution in [1.29, 1.82) is 0 Å². The lowest BCUT2D eigenvalue weighted by Gasteiger charge is -2.34. The van der Waals surface area contributed by atoms with Crippen LogP contribution in [0.3, 0.4) is 0 Å². The fraction of sp³-hybridized carbons (Fsp3) is 0.438. The van der Waals surface area contributed by atoms with Crippen LogP contribution in [0.5, 0.6) is 0 Å². The Labute approximate surface area is 135 Å². The van der Waals surface area contributed by atoms with Crippen LogP contribution in [0.25, 0.3) is 0 Å². The van der Waals surface area contributed by atoms with E-state index in [1.165, 1.54) is 4.90 Å². The van der Waals surface area contributed by atoms with E-state index in [2.05, 4.69) is 5.32 Å². The molecule has 0 spiro atoms. The average molecular weight is 318 g/mol. The molecule has 1 fully saturated rings. The minimum Gasteiger partial charge on any atom is -0.321 e. The van der Waals surface area contributed by atoms with E-state index in [9.17, 15) is 14.4 Å². The summed E-state index contributed by atoms with van der Waals surface area (Å²) in [7, 11) is 0. The average Bonchev–Trinajstić information content (AvgIpc) is 2.61. The first kappa shape index (κ1) is 17.0. The maximum absolute atomic E-state index is 12.9. The number of anilines is 1. The van der Waals surface area contributed by atoms with Gasteiger partial charge in [0.1, 0.15) is 6.29 Å². The normalized spacial score (nSPS) is 14.2. The van der Waals surface area contributed by atoms with E-state index in [0.717, 1.165) is 4.90 Å². The van der Waals surface area contributed by atoms with Gasteiger partial charge in [-0.05, 0) is 19.1 Å². The molecular formula is C16H22N4O3. The number of hydrogen-bond acceptors (Lipinski definition) is 4. The van der Waals surface area contributed by atoms with Crippen molar-refractivity contribution in [2.75, 3.05) is 44.2 Å². The molecule has 4 amide bonds. The molecule has 23 heavy (non-hydrogen) atoms. The van der Waals surface area contributed by atoms with Gasteiger partial charge in [0.25, 0.3) is 0 Å². The molecule has 1 N–H and O–H groups in total. The van der Waals surface area contributed by atoms with E-state index < -0.39 is 6.03 Å². The minimum absolute atomic E-state index is 0.0342. The number of benzene rings is 1. The highest BCUT2D eigenvalue weighted by atomic mass is 16.2. The monoisotopic (exact) mass is 318 g/mol. The van der Waals surface area contributed by atoms with Gasteiger partial charge in [-0.25, -0.2) is 14.5 Å². The van der Waals surface area contributed by atoms with Crippen LogP contribution < -0.4 is 10.2 Å². The van der Waals surface area contributed by atoms with Crippen molar-refractivity contribution in [1.82, 2.24) is 15.1 Å². The van der Waals surface area contributed by atoms with Gasteiger partial charge < -0.3 is 19.9 Å². The van der Waals surface area contributed by atoms with Crippen LogP contribution in [0.2, 0.25) is 0 Å². The molecule has 124 valence electrons. The van der Waals surface area contributed by atoms with Gasteiger partial charge in [-0.3, -0.25) is 0 Å². The SMILES string of the molecule is CCN(CC=O)C(=O)N(C(=O)N1CCNCC1)c1ccccc1. The van der Waals surface area contributed by atoms with Gasteiger partial charge in [-0.15, -0.1) is 0 Å². The zero-order chi connectivity index (χ0) is 16.7. The van der Waals surface area contributed by atoms with E-state index in [4.69, 9.17) is 0 Å². The number of amides is 4. The summed E-state index contributed by atoms with van der Waals surface area (Å²) in [6.07, 6.45) is 0.667. The van der Waals surface area contributed by atoms with Gasteiger partial charge in [0, 0.05) is 32.7 Å². The van der Waals surface area contributed by atoms with Crippen LogP contribution in [-0.4, -0.2) is 67.4 Å². The van der Waals surface area contributed by atoms with Gasteiger partial charge in [0.15, 0.2) is 0 Å². The molecule has 0 aromatic heterocycles. The van der Waals surface area contributed by atoms with Crippen LogP contribution in [0.1, 0.15) is 6.92 Å². The number of carbonyl (C=O) groups excluding carboxylic acids is 3. The largest absolute Gasteiger partial charge is 0.333 e. The summed E-state index contributed by atoms with van der Waals surface area (Å²) in [6.45, 7) is 4.61. The molecular weight excluding hydrogens is 296 g/mol. The zero-order valence-corrected chi connectivity index (χ0v) is 13.3. The second-order valence-electron chi connectivity index (χ2n) is 5.18. The molecule has 7 heteroatoms. The summed E-state index contributed by atoms with van der Waals surface area (Å²) >= 11 is 0. The Morgan fingerprint density at radius 1 is 1.22 bits per heavy atom.